The molecule has 0 aliphatic carbocycles. The quantitative estimate of drug-likeness (QED) is 0.756. The van der Waals surface area contributed by atoms with Crippen LogP contribution in [0.5, 0.6) is 11.5 Å². The third-order valence-electron chi connectivity index (χ3n) is 2.86. The lowest BCUT2D eigenvalue weighted by molar-refractivity contribution is -0.138. The Bertz CT molecular complexity index is 498. The Morgan fingerprint density at radius 3 is 2.70 bits per heavy atom. The van der Waals surface area contributed by atoms with Gasteiger partial charge in [0.2, 0.25) is 0 Å². The number of thioether (sulfide) groups is 1. The molecule has 0 fully saturated rings. The first kappa shape index (κ1) is 15.5. The van der Waals surface area contributed by atoms with Crippen molar-refractivity contribution in [1.82, 2.24) is 0 Å². The maximum atomic E-state index is 10.6. The van der Waals surface area contributed by atoms with E-state index in [9.17, 15) is 4.79 Å². The number of fused-ring (bicyclic) bond motifs is 1. The predicted molar refractivity (Wildman–Crippen MR) is 81.5 cm³/mol. The number of carboxylic acid groups (broad SMARTS) is 1. The van der Waals surface area contributed by atoms with E-state index in [4.69, 9.17) is 20.3 Å². The number of carbonyl (C=O) groups is 1. The van der Waals surface area contributed by atoms with Crippen LogP contribution in [0.1, 0.15) is 12.0 Å². The summed E-state index contributed by atoms with van der Waals surface area (Å²) in [4.78, 5) is 10.6. The molecule has 3 N–H and O–H groups in total. The molecule has 0 amide bonds. The van der Waals surface area contributed by atoms with Gasteiger partial charge in [0.1, 0.15) is 19.3 Å². The molecule has 1 atom stereocenters. The summed E-state index contributed by atoms with van der Waals surface area (Å²) in [5.41, 5.74) is 6.56. The lowest BCUT2D eigenvalue weighted by atomic mass is 10.2. The van der Waals surface area contributed by atoms with E-state index < -0.39 is 12.0 Å². The molecule has 1 aliphatic rings. The molecule has 1 unspecified atom stereocenters. The predicted octanol–water partition coefficient (Wildman–Crippen LogP) is 2.26. The number of hydrogen-bond acceptors (Lipinski definition) is 5. The fourth-order valence-corrected chi connectivity index (χ4v) is 3.40. The van der Waals surface area contributed by atoms with Gasteiger partial charge in [0.25, 0.3) is 0 Å². The van der Waals surface area contributed by atoms with Crippen molar-refractivity contribution < 1.29 is 19.4 Å². The van der Waals surface area contributed by atoms with Crippen molar-refractivity contribution in [3.05, 3.63) is 22.2 Å². The van der Waals surface area contributed by atoms with Crippen molar-refractivity contribution in [1.29, 1.82) is 0 Å². The first-order chi connectivity index (χ1) is 9.58. The van der Waals surface area contributed by atoms with E-state index in [1.807, 2.05) is 12.1 Å². The zero-order valence-corrected chi connectivity index (χ0v) is 13.2. The van der Waals surface area contributed by atoms with Crippen molar-refractivity contribution in [2.75, 3.05) is 19.0 Å². The largest absolute Gasteiger partial charge is 0.486 e. The summed E-state index contributed by atoms with van der Waals surface area (Å²) in [6, 6.07) is 3.09. The van der Waals surface area contributed by atoms with Gasteiger partial charge >= 0.3 is 5.97 Å². The van der Waals surface area contributed by atoms with Gasteiger partial charge in [-0.25, -0.2) is 0 Å². The van der Waals surface area contributed by atoms with E-state index in [0.717, 1.165) is 27.3 Å². The molecule has 0 spiro atoms. The summed E-state index contributed by atoms with van der Waals surface area (Å²) in [5.74, 6) is 2.03. The molecule has 1 aliphatic heterocycles. The molecule has 0 saturated carbocycles. The van der Waals surface area contributed by atoms with Crippen LogP contribution in [0.4, 0.5) is 0 Å². The molecule has 1 aromatic rings. The Hall–Kier alpha value is -0.920. The van der Waals surface area contributed by atoms with Crippen LogP contribution in [0.15, 0.2) is 16.6 Å². The van der Waals surface area contributed by atoms with Gasteiger partial charge in [0.15, 0.2) is 11.5 Å². The number of halogens is 1. The fraction of sp³-hybridized carbons (Fsp3) is 0.462. The summed E-state index contributed by atoms with van der Waals surface area (Å²) in [6.07, 6.45) is 0.460. The summed E-state index contributed by atoms with van der Waals surface area (Å²) < 4.78 is 12.0. The van der Waals surface area contributed by atoms with Crippen LogP contribution in [0.3, 0.4) is 0 Å². The van der Waals surface area contributed by atoms with Crippen LogP contribution in [0.2, 0.25) is 0 Å². The third-order valence-corrected chi connectivity index (χ3v) is 4.64. The Labute approximate surface area is 129 Å². The number of ether oxygens (including phenoxy) is 2. The Kier molecular flexibility index (Phi) is 5.56. The number of nitrogens with two attached hydrogens (primary N) is 1. The zero-order chi connectivity index (χ0) is 14.5. The molecule has 20 heavy (non-hydrogen) atoms. The van der Waals surface area contributed by atoms with Crippen LogP contribution >= 0.6 is 27.7 Å². The molecule has 0 aromatic heterocycles. The average Bonchev–Trinajstić information content (AvgIpc) is 2.43. The highest BCUT2D eigenvalue weighted by Gasteiger charge is 2.15. The van der Waals surface area contributed by atoms with Crippen molar-refractivity contribution in [2.24, 2.45) is 5.73 Å². The maximum absolute atomic E-state index is 10.6. The van der Waals surface area contributed by atoms with Crippen LogP contribution in [0, 0.1) is 0 Å². The maximum Gasteiger partial charge on any atom is 0.320 e. The highest BCUT2D eigenvalue weighted by atomic mass is 79.9. The van der Waals surface area contributed by atoms with Gasteiger partial charge in [-0.3, -0.25) is 4.79 Å². The normalized spacial score (nSPS) is 14.9. The summed E-state index contributed by atoms with van der Waals surface area (Å²) in [5, 5.41) is 8.70. The summed E-state index contributed by atoms with van der Waals surface area (Å²) >= 11 is 5.16. The Morgan fingerprint density at radius 1 is 1.40 bits per heavy atom. The van der Waals surface area contributed by atoms with Gasteiger partial charge in [-0.05, 0) is 29.9 Å². The van der Waals surface area contributed by atoms with Crippen LogP contribution < -0.4 is 15.2 Å². The van der Waals surface area contributed by atoms with Gasteiger partial charge in [-0.2, -0.15) is 11.8 Å². The highest BCUT2D eigenvalue weighted by molar-refractivity contribution is 9.10. The standard InChI is InChI=1S/C13H16BrNO4S/c14-9-6-12-11(18-2-3-19-12)5-8(9)7-20-4-1-10(15)13(16)17/h5-6,10H,1-4,7,15H2,(H,16,17). The second kappa shape index (κ2) is 7.19. The van der Waals surface area contributed by atoms with E-state index in [1.54, 1.807) is 11.8 Å². The first-order valence-corrected chi connectivity index (χ1v) is 8.17. The van der Waals surface area contributed by atoms with Crippen molar-refractivity contribution in [3.63, 3.8) is 0 Å². The Morgan fingerprint density at radius 2 is 2.05 bits per heavy atom. The van der Waals surface area contributed by atoms with Crippen LogP contribution in [0.25, 0.3) is 0 Å². The zero-order valence-electron chi connectivity index (χ0n) is 10.8. The average molecular weight is 362 g/mol. The minimum Gasteiger partial charge on any atom is -0.486 e. The van der Waals surface area contributed by atoms with Crippen molar-refractivity contribution >= 4 is 33.7 Å². The summed E-state index contributed by atoms with van der Waals surface area (Å²) in [6.45, 7) is 1.13. The smallest absolute Gasteiger partial charge is 0.320 e. The topological polar surface area (TPSA) is 81.8 Å². The minimum absolute atomic E-state index is 0.460. The number of rotatable bonds is 6. The molecule has 7 heteroatoms. The molecule has 0 saturated heterocycles. The van der Waals surface area contributed by atoms with E-state index in [1.165, 1.54) is 0 Å². The van der Waals surface area contributed by atoms with Crippen molar-refractivity contribution in [3.8, 4) is 11.5 Å². The fourth-order valence-electron chi connectivity index (χ4n) is 1.73. The monoisotopic (exact) mass is 361 g/mol. The lowest BCUT2D eigenvalue weighted by Gasteiger charge is -2.19. The van der Waals surface area contributed by atoms with Gasteiger partial charge < -0.3 is 20.3 Å². The SMILES string of the molecule is NC(CCSCc1cc2c(cc1Br)OCCO2)C(=O)O. The van der Waals surface area contributed by atoms with Gasteiger partial charge in [-0.1, -0.05) is 15.9 Å². The first-order valence-electron chi connectivity index (χ1n) is 6.22. The second-order valence-electron chi connectivity index (χ2n) is 4.37. The van der Waals surface area contributed by atoms with Crippen molar-refractivity contribution in [2.45, 2.75) is 18.2 Å². The molecule has 1 heterocycles. The lowest BCUT2D eigenvalue weighted by Crippen LogP contribution is -2.30. The molecule has 5 nitrogen and oxygen atoms in total. The number of aliphatic carboxylic acids is 1. The number of hydrogen-bond donors (Lipinski definition) is 2. The van der Waals surface area contributed by atoms with E-state index >= 15 is 0 Å². The third kappa shape index (κ3) is 4.04. The van der Waals surface area contributed by atoms with Gasteiger partial charge in [0.05, 0.1) is 0 Å². The van der Waals surface area contributed by atoms with Crippen LogP contribution in [-0.2, 0) is 10.5 Å². The van der Waals surface area contributed by atoms with Gasteiger partial charge in [0, 0.05) is 10.2 Å². The summed E-state index contributed by atoms with van der Waals surface area (Å²) in [7, 11) is 0. The highest BCUT2D eigenvalue weighted by Crippen LogP contribution is 2.36. The number of benzene rings is 1. The molecular formula is C13H16BrNO4S. The molecule has 1 aromatic carbocycles. The second-order valence-corrected chi connectivity index (χ2v) is 6.33. The number of carboxylic acids is 1. The molecular weight excluding hydrogens is 346 g/mol. The molecule has 110 valence electrons. The minimum atomic E-state index is -0.953. The Balaban J connectivity index is 1.88. The molecule has 0 radical (unpaired) electrons. The molecule has 2 rings (SSSR count). The van der Waals surface area contributed by atoms with E-state index in [0.29, 0.717) is 25.4 Å². The molecule has 0 bridgehead atoms. The van der Waals surface area contributed by atoms with E-state index in [2.05, 4.69) is 15.9 Å². The van der Waals surface area contributed by atoms with Gasteiger partial charge in [-0.15, -0.1) is 0 Å². The van der Waals surface area contributed by atoms with E-state index in [-0.39, 0.29) is 0 Å². The van der Waals surface area contributed by atoms with Crippen LogP contribution in [-0.4, -0.2) is 36.1 Å².